The van der Waals surface area contributed by atoms with E-state index in [0.717, 1.165) is 47.7 Å². The number of unbranched alkanes of at least 4 members (excludes halogenated alkanes) is 1. The van der Waals surface area contributed by atoms with Gasteiger partial charge in [0.25, 0.3) is 0 Å². The lowest BCUT2D eigenvalue weighted by atomic mass is 10.1. The van der Waals surface area contributed by atoms with Crippen LogP contribution in [0, 0.1) is 12.8 Å². The molecule has 0 bridgehead atoms. The van der Waals surface area contributed by atoms with Crippen LogP contribution < -0.4 is 20.7 Å². The van der Waals surface area contributed by atoms with Crippen molar-refractivity contribution in [1.82, 2.24) is 24.9 Å². The van der Waals surface area contributed by atoms with E-state index < -0.39 is 0 Å². The van der Waals surface area contributed by atoms with Gasteiger partial charge in [0, 0.05) is 32.6 Å². The number of rotatable bonds is 10. The minimum atomic E-state index is 0.115. The highest BCUT2D eigenvalue weighted by Crippen LogP contribution is 2.31. The number of aromatic nitrogens is 4. The van der Waals surface area contributed by atoms with Crippen LogP contribution >= 0.6 is 0 Å². The number of benzene rings is 1. The van der Waals surface area contributed by atoms with Gasteiger partial charge in [-0.25, -0.2) is 4.98 Å². The molecule has 9 nitrogen and oxygen atoms in total. The average molecular weight is 414 g/mol. The van der Waals surface area contributed by atoms with Crippen molar-refractivity contribution in [3.05, 3.63) is 18.0 Å². The van der Waals surface area contributed by atoms with Crippen molar-refractivity contribution in [3.63, 3.8) is 0 Å². The Morgan fingerprint density at radius 3 is 2.67 bits per heavy atom. The zero-order valence-electron chi connectivity index (χ0n) is 18.4. The first kappa shape index (κ1) is 21.6. The third kappa shape index (κ3) is 4.72. The van der Waals surface area contributed by atoms with E-state index in [9.17, 15) is 4.79 Å². The van der Waals surface area contributed by atoms with Gasteiger partial charge in [-0.3, -0.25) is 9.20 Å². The molecule has 0 fully saturated rings. The monoisotopic (exact) mass is 413 g/mol. The van der Waals surface area contributed by atoms with Gasteiger partial charge in [-0.1, -0.05) is 13.8 Å². The first-order valence-electron chi connectivity index (χ1n) is 10.4. The highest BCUT2D eigenvalue weighted by Gasteiger charge is 2.15. The first-order chi connectivity index (χ1) is 14.4. The lowest BCUT2D eigenvalue weighted by Crippen LogP contribution is -2.25. The van der Waals surface area contributed by atoms with Crippen molar-refractivity contribution in [3.8, 4) is 5.75 Å². The van der Waals surface area contributed by atoms with E-state index in [1.165, 1.54) is 0 Å². The highest BCUT2D eigenvalue weighted by molar-refractivity contribution is 5.88. The number of amides is 1. The van der Waals surface area contributed by atoms with Crippen LogP contribution in [0.4, 0.5) is 11.5 Å². The van der Waals surface area contributed by atoms with Gasteiger partial charge in [0.15, 0.2) is 5.82 Å². The number of carbonyl (C=O) groups excluding carboxylic acids is 1. The number of anilines is 2. The summed E-state index contributed by atoms with van der Waals surface area (Å²) in [5, 5.41) is 18.0. The van der Waals surface area contributed by atoms with Crippen LogP contribution in [0.1, 0.15) is 38.9 Å². The maximum atomic E-state index is 11.7. The Hall–Kier alpha value is -3.10. The number of aryl methyl sites for hydroxylation is 1. The summed E-state index contributed by atoms with van der Waals surface area (Å²) in [7, 11) is 3.50. The lowest BCUT2D eigenvalue weighted by Gasteiger charge is -2.13. The summed E-state index contributed by atoms with van der Waals surface area (Å²) >= 11 is 0. The van der Waals surface area contributed by atoms with E-state index in [1.54, 1.807) is 7.11 Å². The summed E-state index contributed by atoms with van der Waals surface area (Å²) < 4.78 is 7.48. The van der Waals surface area contributed by atoms with Crippen molar-refractivity contribution in [2.24, 2.45) is 5.92 Å². The van der Waals surface area contributed by atoms with E-state index >= 15 is 0 Å². The molecule has 3 rings (SSSR count). The number of ether oxygens (including phenoxy) is 1. The summed E-state index contributed by atoms with van der Waals surface area (Å²) in [5.74, 6) is 2.70. The van der Waals surface area contributed by atoms with Gasteiger partial charge in [-0.15, -0.1) is 10.2 Å². The fraction of sp³-hybridized carbons (Fsp3) is 0.524. The molecule has 0 aliphatic rings. The van der Waals surface area contributed by atoms with E-state index in [1.807, 2.05) is 44.4 Å². The molecule has 1 amide bonds. The van der Waals surface area contributed by atoms with Crippen LogP contribution in [0.5, 0.6) is 5.75 Å². The molecule has 1 aromatic carbocycles. The summed E-state index contributed by atoms with van der Waals surface area (Å²) in [4.78, 5) is 16.5. The fourth-order valence-corrected chi connectivity index (χ4v) is 3.41. The topological polar surface area (TPSA) is 105 Å². The normalized spacial score (nSPS) is 11.3. The minimum Gasteiger partial charge on any atom is -0.495 e. The molecule has 0 saturated heterocycles. The average Bonchev–Trinajstić information content (AvgIpc) is 3.11. The van der Waals surface area contributed by atoms with Gasteiger partial charge in [-0.05, 0) is 31.7 Å². The number of fused-ring (bicyclic) bond motifs is 3. The Balaban J connectivity index is 1.72. The van der Waals surface area contributed by atoms with Crippen molar-refractivity contribution in [2.75, 3.05) is 37.9 Å². The molecule has 0 aliphatic heterocycles. The van der Waals surface area contributed by atoms with Crippen LogP contribution in [0.2, 0.25) is 0 Å². The zero-order valence-corrected chi connectivity index (χ0v) is 18.4. The molecule has 3 N–H and O–H groups in total. The zero-order chi connectivity index (χ0) is 21.7. The quantitative estimate of drug-likeness (QED) is 0.439. The fourth-order valence-electron chi connectivity index (χ4n) is 3.41. The van der Waals surface area contributed by atoms with Crippen molar-refractivity contribution in [2.45, 2.75) is 40.0 Å². The van der Waals surface area contributed by atoms with Gasteiger partial charge in [0.1, 0.15) is 11.6 Å². The predicted octanol–water partition coefficient (Wildman–Crippen LogP) is 2.99. The number of hydrogen-bond acceptors (Lipinski definition) is 7. The second-order valence-electron chi connectivity index (χ2n) is 7.74. The standard InChI is InChI=1S/C21H31N7O2/c1-13(2)10-19(29)23-8-6-7-9-24-20-21-27-26-14(3)28(21)17-11-16(22-4)18(30-5)12-15(17)25-20/h11-13,22H,6-10H2,1-5H3,(H,23,29)(H,24,25). The molecule has 162 valence electrons. The van der Waals surface area contributed by atoms with Crippen LogP contribution in [-0.2, 0) is 4.79 Å². The van der Waals surface area contributed by atoms with Gasteiger partial charge in [0.2, 0.25) is 11.6 Å². The Kier molecular flexibility index (Phi) is 6.91. The Morgan fingerprint density at radius 2 is 1.97 bits per heavy atom. The predicted molar refractivity (Wildman–Crippen MR) is 119 cm³/mol. The molecule has 0 radical (unpaired) electrons. The number of nitrogens with zero attached hydrogens (tertiary/aromatic N) is 4. The van der Waals surface area contributed by atoms with Gasteiger partial charge in [0.05, 0.1) is 23.8 Å². The smallest absolute Gasteiger partial charge is 0.220 e. The van der Waals surface area contributed by atoms with E-state index in [-0.39, 0.29) is 5.91 Å². The van der Waals surface area contributed by atoms with Gasteiger partial charge in [-0.2, -0.15) is 0 Å². The summed E-state index contributed by atoms with van der Waals surface area (Å²) in [6.45, 7) is 7.42. The van der Waals surface area contributed by atoms with Crippen molar-refractivity contribution < 1.29 is 9.53 Å². The second kappa shape index (κ2) is 9.60. The maximum absolute atomic E-state index is 11.7. The molecule has 0 saturated carbocycles. The van der Waals surface area contributed by atoms with Crippen LogP contribution in [-0.4, -0.2) is 52.7 Å². The largest absolute Gasteiger partial charge is 0.495 e. The van der Waals surface area contributed by atoms with Crippen LogP contribution in [0.15, 0.2) is 12.1 Å². The second-order valence-corrected chi connectivity index (χ2v) is 7.74. The van der Waals surface area contributed by atoms with E-state index in [4.69, 9.17) is 9.72 Å². The van der Waals surface area contributed by atoms with Gasteiger partial charge < -0.3 is 20.7 Å². The van der Waals surface area contributed by atoms with E-state index in [2.05, 4.69) is 26.1 Å². The molecular weight excluding hydrogens is 382 g/mol. The summed E-state index contributed by atoms with van der Waals surface area (Å²) in [6.07, 6.45) is 2.37. The number of methoxy groups -OCH3 is 1. The Labute approximate surface area is 176 Å². The molecule has 0 spiro atoms. The molecule has 0 aliphatic carbocycles. The lowest BCUT2D eigenvalue weighted by molar-refractivity contribution is -0.121. The molecular formula is C21H31N7O2. The van der Waals surface area contributed by atoms with Crippen LogP contribution in [0.25, 0.3) is 16.7 Å². The van der Waals surface area contributed by atoms with E-state index in [0.29, 0.717) is 30.3 Å². The molecule has 2 heterocycles. The number of carbonyl (C=O) groups is 1. The number of nitrogens with one attached hydrogen (secondary N) is 3. The molecule has 9 heteroatoms. The molecule has 3 aromatic rings. The van der Waals surface area contributed by atoms with Gasteiger partial charge >= 0.3 is 0 Å². The minimum absolute atomic E-state index is 0.115. The molecule has 2 aromatic heterocycles. The maximum Gasteiger partial charge on any atom is 0.220 e. The van der Waals surface area contributed by atoms with Crippen molar-refractivity contribution in [1.29, 1.82) is 0 Å². The third-order valence-corrected chi connectivity index (χ3v) is 4.89. The highest BCUT2D eigenvalue weighted by atomic mass is 16.5. The van der Waals surface area contributed by atoms with Crippen LogP contribution in [0.3, 0.4) is 0 Å². The number of hydrogen-bond donors (Lipinski definition) is 3. The Bertz CT molecular complexity index is 1030. The molecule has 0 unspecified atom stereocenters. The summed E-state index contributed by atoms with van der Waals surface area (Å²) in [6, 6.07) is 3.91. The molecule has 0 atom stereocenters. The third-order valence-electron chi connectivity index (χ3n) is 4.89. The first-order valence-corrected chi connectivity index (χ1v) is 10.4. The molecule has 30 heavy (non-hydrogen) atoms. The Morgan fingerprint density at radius 1 is 1.20 bits per heavy atom. The van der Waals surface area contributed by atoms with Crippen molar-refractivity contribution >= 4 is 34.1 Å². The SMILES string of the molecule is CNc1cc2c(cc1OC)nc(NCCCCNC(=O)CC(C)C)c1nnc(C)n12. The summed E-state index contributed by atoms with van der Waals surface area (Å²) in [5.41, 5.74) is 3.28.